The van der Waals surface area contributed by atoms with E-state index in [1.54, 1.807) is 14.2 Å². The Morgan fingerprint density at radius 2 is 1.74 bits per heavy atom. The molecule has 0 atom stereocenters. The van der Waals surface area contributed by atoms with Crippen LogP contribution < -0.4 is 15.2 Å². The van der Waals surface area contributed by atoms with Crippen LogP contribution in [0.5, 0.6) is 11.5 Å². The number of benzene rings is 2. The molecule has 0 bridgehead atoms. The summed E-state index contributed by atoms with van der Waals surface area (Å²) in [5.41, 5.74) is 9.01. The lowest BCUT2D eigenvalue weighted by Crippen LogP contribution is -2.01. The summed E-state index contributed by atoms with van der Waals surface area (Å²) in [4.78, 5) is 0. The van der Waals surface area contributed by atoms with Crippen LogP contribution in [0, 0.1) is 0 Å². The monoisotopic (exact) mass is 321 g/mol. The number of hydrogen-bond donors (Lipinski definition) is 1. The topological polar surface area (TPSA) is 44.5 Å². The van der Waals surface area contributed by atoms with Crippen molar-refractivity contribution in [3.05, 3.63) is 46.4 Å². The maximum atomic E-state index is 5.83. The van der Waals surface area contributed by atoms with E-state index in [2.05, 4.69) is 22.0 Å². The highest BCUT2D eigenvalue weighted by atomic mass is 79.9. The molecule has 0 fully saturated rings. The van der Waals surface area contributed by atoms with Crippen LogP contribution in [0.2, 0.25) is 0 Å². The van der Waals surface area contributed by atoms with Crippen LogP contribution in [-0.4, -0.2) is 14.2 Å². The van der Waals surface area contributed by atoms with Crippen LogP contribution in [0.15, 0.2) is 40.9 Å². The Labute approximate surface area is 121 Å². The van der Waals surface area contributed by atoms with Crippen molar-refractivity contribution in [3.8, 4) is 22.6 Å². The quantitative estimate of drug-likeness (QED) is 0.935. The third kappa shape index (κ3) is 2.91. The van der Waals surface area contributed by atoms with Gasteiger partial charge in [-0.25, -0.2) is 0 Å². The van der Waals surface area contributed by atoms with Crippen LogP contribution in [0.4, 0.5) is 0 Å². The Kier molecular flexibility index (Phi) is 4.45. The van der Waals surface area contributed by atoms with Gasteiger partial charge in [0.2, 0.25) is 0 Å². The second-order valence-electron chi connectivity index (χ2n) is 4.08. The summed E-state index contributed by atoms with van der Waals surface area (Å²) in [6, 6.07) is 12.0. The highest BCUT2D eigenvalue weighted by Gasteiger charge is 2.11. The third-order valence-electron chi connectivity index (χ3n) is 2.96. The standard InChI is InChI=1S/C15H16BrNO2/c1-18-14-7-11(9-17)13(8-15(14)19-2)10-4-3-5-12(16)6-10/h3-8H,9,17H2,1-2H3. The summed E-state index contributed by atoms with van der Waals surface area (Å²) >= 11 is 3.48. The number of ether oxygens (including phenoxy) is 2. The largest absolute Gasteiger partial charge is 0.493 e. The van der Waals surface area contributed by atoms with Crippen LogP contribution in [0.1, 0.15) is 5.56 Å². The molecule has 0 unspecified atom stereocenters. The van der Waals surface area contributed by atoms with E-state index in [1.165, 1.54) is 0 Å². The molecule has 2 rings (SSSR count). The molecule has 4 heteroatoms. The van der Waals surface area contributed by atoms with Gasteiger partial charge in [0.1, 0.15) is 0 Å². The van der Waals surface area contributed by atoms with E-state index >= 15 is 0 Å². The molecule has 0 radical (unpaired) electrons. The van der Waals surface area contributed by atoms with Gasteiger partial charge in [-0.2, -0.15) is 0 Å². The highest BCUT2D eigenvalue weighted by molar-refractivity contribution is 9.10. The Balaban J connectivity index is 2.61. The summed E-state index contributed by atoms with van der Waals surface area (Å²) in [6.07, 6.45) is 0. The first-order valence-corrected chi connectivity index (χ1v) is 6.69. The van der Waals surface area contributed by atoms with Gasteiger partial charge in [-0.3, -0.25) is 0 Å². The van der Waals surface area contributed by atoms with Gasteiger partial charge in [-0.15, -0.1) is 0 Å². The van der Waals surface area contributed by atoms with Crippen molar-refractivity contribution in [2.24, 2.45) is 5.73 Å². The van der Waals surface area contributed by atoms with Crippen molar-refractivity contribution in [2.75, 3.05) is 14.2 Å². The van der Waals surface area contributed by atoms with E-state index in [0.29, 0.717) is 18.0 Å². The summed E-state index contributed by atoms with van der Waals surface area (Å²) in [6.45, 7) is 0.447. The third-order valence-corrected chi connectivity index (χ3v) is 3.46. The van der Waals surface area contributed by atoms with Crippen LogP contribution >= 0.6 is 15.9 Å². The van der Waals surface area contributed by atoms with Gasteiger partial charge in [0, 0.05) is 11.0 Å². The molecule has 2 aromatic carbocycles. The molecule has 0 aromatic heterocycles. The van der Waals surface area contributed by atoms with Gasteiger partial charge < -0.3 is 15.2 Å². The Bertz CT molecular complexity index is 584. The van der Waals surface area contributed by atoms with E-state index in [-0.39, 0.29) is 0 Å². The van der Waals surface area contributed by atoms with E-state index < -0.39 is 0 Å². The first kappa shape index (κ1) is 13.9. The summed E-state index contributed by atoms with van der Waals surface area (Å²) in [5, 5.41) is 0. The number of nitrogens with two attached hydrogens (primary N) is 1. The van der Waals surface area contributed by atoms with Gasteiger partial charge in [-0.05, 0) is 41.0 Å². The first-order chi connectivity index (χ1) is 9.19. The predicted molar refractivity (Wildman–Crippen MR) is 80.6 cm³/mol. The molecule has 0 aliphatic carbocycles. The average Bonchev–Trinajstić information content (AvgIpc) is 2.45. The zero-order valence-corrected chi connectivity index (χ0v) is 12.5. The fourth-order valence-electron chi connectivity index (χ4n) is 2.01. The van der Waals surface area contributed by atoms with E-state index in [0.717, 1.165) is 21.2 Å². The minimum atomic E-state index is 0.447. The molecule has 2 N–H and O–H groups in total. The van der Waals surface area contributed by atoms with Crippen molar-refractivity contribution < 1.29 is 9.47 Å². The van der Waals surface area contributed by atoms with Gasteiger partial charge in [0.15, 0.2) is 11.5 Å². The molecule has 0 aliphatic rings. The second-order valence-corrected chi connectivity index (χ2v) is 4.99. The lowest BCUT2D eigenvalue weighted by Gasteiger charge is -2.14. The molecule has 2 aromatic rings. The number of hydrogen-bond acceptors (Lipinski definition) is 3. The smallest absolute Gasteiger partial charge is 0.161 e. The zero-order valence-electron chi connectivity index (χ0n) is 10.9. The SMILES string of the molecule is COc1cc(CN)c(-c2cccc(Br)c2)cc1OC. The van der Waals surface area contributed by atoms with Crippen molar-refractivity contribution in [1.82, 2.24) is 0 Å². The molecule has 0 heterocycles. The van der Waals surface area contributed by atoms with E-state index in [4.69, 9.17) is 15.2 Å². The summed E-state index contributed by atoms with van der Waals surface area (Å²) in [7, 11) is 3.25. The first-order valence-electron chi connectivity index (χ1n) is 5.90. The maximum Gasteiger partial charge on any atom is 0.161 e. The summed E-state index contributed by atoms with van der Waals surface area (Å²) < 4.78 is 11.7. The molecule has 0 saturated heterocycles. The molecular weight excluding hydrogens is 306 g/mol. The van der Waals surface area contributed by atoms with Crippen molar-refractivity contribution in [3.63, 3.8) is 0 Å². The van der Waals surface area contributed by atoms with Crippen molar-refractivity contribution in [2.45, 2.75) is 6.54 Å². The van der Waals surface area contributed by atoms with Gasteiger partial charge in [0.25, 0.3) is 0 Å². The van der Waals surface area contributed by atoms with Gasteiger partial charge in [-0.1, -0.05) is 28.1 Å². The molecule has 19 heavy (non-hydrogen) atoms. The lowest BCUT2D eigenvalue weighted by atomic mass is 9.99. The number of halogens is 1. The predicted octanol–water partition coefficient (Wildman–Crippen LogP) is 3.59. The molecule has 0 aliphatic heterocycles. The molecule has 3 nitrogen and oxygen atoms in total. The van der Waals surface area contributed by atoms with Gasteiger partial charge in [0.05, 0.1) is 14.2 Å². The highest BCUT2D eigenvalue weighted by Crippen LogP contribution is 2.36. The molecule has 0 amide bonds. The van der Waals surface area contributed by atoms with Crippen LogP contribution in [0.3, 0.4) is 0 Å². The average molecular weight is 322 g/mol. The molecule has 0 saturated carbocycles. The van der Waals surface area contributed by atoms with Crippen molar-refractivity contribution >= 4 is 15.9 Å². The fraction of sp³-hybridized carbons (Fsp3) is 0.200. The fourth-order valence-corrected chi connectivity index (χ4v) is 2.41. The zero-order chi connectivity index (χ0) is 13.8. The second kappa shape index (κ2) is 6.08. The minimum absolute atomic E-state index is 0.447. The lowest BCUT2D eigenvalue weighted by molar-refractivity contribution is 0.354. The van der Waals surface area contributed by atoms with E-state index in [9.17, 15) is 0 Å². The Morgan fingerprint density at radius 3 is 2.32 bits per heavy atom. The van der Waals surface area contributed by atoms with Gasteiger partial charge >= 0.3 is 0 Å². The van der Waals surface area contributed by atoms with E-state index in [1.807, 2.05) is 30.3 Å². The molecular formula is C15H16BrNO2. The van der Waals surface area contributed by atoms with Crippen LogP contribution in [-0.2, 0) is 6.54 Å². The number of methoxy groups -OCH3 is 2. The Hall–Kier alpha value is -1.52. The number of rotatable bonds is 4. The Morgan fingerprint density at radius 1 is 1.05 bits per heavy atom. The van der Waals surface area contributed by atoms with Crippen LogP contribution in [0.25, 0.3) is 11.1 Å². The van der Waals surface area contributed by atoms with Crippen molar-refractivity contribution in [1.29, 1.82) is 0 Å². The molecule has 100 valence electrons. The minimum Gasteiger partial charge on any atom is -0.493 e. The normalized spacial score (nSPS) is 10.3. The molecule has 0 spiro atoms. The maximum absolute atomic E-state index is 5.83. The summed E-state index contributed by atoms with van der Waals surface area (Å²) in [5.74, 6) is 1.40.